The summed E-state index contributed by atoms with van der Waals surface area (Å²) >= 11 is 6.23. The highest BCUT2D eigenvalue weighted by atomic mass is 35.5. The Balaban J connectivity index is 2.12. The largest absolute Gasteiger partial charge is 0.346 e. The number of benzene rings is 1. The molecule has 0 unspecified atom stereocenters. The number of nitriles is 1. The summed E-state index contributed by atoms with van der Waals surface area (Å²) < 4.78 is 2.17. The fourth-order valence-electron chi connectivity index (χ4n) is 2.15. The first-order valence-corrected chi connectivity index (χ1v) is 6.56. The molecule has 0 aliphatic rings. The molecule has 0 saturated carbocycles. The molecule has 0 saturated heterocycles. The van der Waals surface area contributed by atoms with Crippen molar-refractivity contribution in [3.63, 3.8) is 0 Å². The highest BCUT2D eigenvalue weighted by molar-refractivity contribution is 6.35. The van der Waals surface area contributed by atoms with Gasteiger partial charge >= 0.3 is 0 Å². The number of hydrogen-bond donors (Lipinski definition) is 0. The van der Waals surface area contributed by atoms with Crippen LogP contribution in [0.5, 0.6) is 0 Å². The van der Waals surface area contributed by atoms with Gasteiger partial charge in [-0.25, -0.2) is 0 Å². The van der Waals surface area contributed by atoms with Gasteiger partial charge in [0.15, 0.2) is 0 Å². The minimum absolute atomic E-state index is 0.243. The number of nitrogens with zero attached hydrogens (tertiary/aromatic N) is 2. The van der Waals surface area contributed by atoms with Gasteiger partial charge in [-0.3, -0.25) is 0 Å². The molecule has 0 spiro atoms. The molecule has 0 atom stereocenters. The van der Waals surface area contributed by atoms with Crippen molar-refractivity contribution < 1.29 is 0 Å². The summed E-state index contributed by atoms with van der Waals surface area (Å²) in [6.07, 6.45) is 3.94. The van der Waals surface area contributed by atoms with E-state index in [-0.39, 0.29) is 5.41 Å². The molecule has 1 heterocycles. The summed E-state index contributed by atoms with van der Waals surface area (Å²) in [6.45, 7) is 4.86. The molecule has 0 N–H and O–H groups in total. The van der Waals surface area contributed by atoms with E-state index in [0.29, 0.717) is 0 Å². The van der Waals surface area contributed by atoms with Gasteiger partial charge in [-0.1, -0.05) is 23.7 Å². The summed E-state index contributed by atoms with van der Waals surface area (Å²) in [5, 5.41) is 10.9. The average Bonchev–Trinajstić information content (AvgIpc) is 2.74. The monoisotopic (exact) mass is 260 g/mol. The van der Waals surface area contributed by atoms with Gasteiger partial charge in [0.05, 0.1) is 22.0 Å². The SMILES string of the molecule is CC(C)(C#N)CCCn1ccc2cccc(Cl)c21. The summed E-state index contributed by atoms with van der Waals surface area (Å²) in [4.78, 5) is 0. The van der Waals surface area contributed by atoms with E-state index < -0.39 is 0 Å². The Morgan fingerprint density at radius 2 is 2.11 bits per heavy atom. The zero-order valence-electron chi connectivity index (χ0n) is 10.8. The lowest BCUT2D eigenvalue weighted by atomic mass is 9.90. The number of aromatic nitrogens is 1. The van der Waals surface area contributed by atoms with E-state index in [1.165, 1.54) is 5.39 Å². The molecule has 94 valence electrons. The third-order valence-electron chi connectivity index (χ3n) is 3.24. The summed E-state index contributed by atoms with van der Waals surface area (Å²) in [5.41, 5.74) is 0.848. The number of rotatable bonds is 4. The molecule has 0 fully saturated rings. The molecule has 1 aromatic heterocycles. The molecule has 18 heavy (non-hydrogen) atoms. The molecule has 0 aliphatic heterocycles. The van der Waals surface area contributed by atoms with Crippen LogP contribution < -0.4 is 0 Å². The second-order valence-electron chi connectivity index (χ2n) is 5.29. The van der Waals surface area contributed by atoms with Crippen LogP contribution in [0.2, 0.25) is 5.02 Å². The number of aryl methyl sites for hydroxylation is 1. The summed E-state index contributed by atoms with van der Waals surface area (Å²) in [7, 11) is 0. The van der Waals surface area contributed by atoms with Crippen LogP contribution in [-0.4, -0.2) is 4.57 Å². The summed E-state index contributed by atoms with van der Waals surface area (Å²) in [6, 6.07) is 10.4. The number of fused-ring (bicyclic) bond motifs is 1. The lowest BCUT2D eigenvalue weighted by Gasteiger charge is -2.15. The van der Waals surface area contributed by atoms with Crippen LogP contribution in [0.4, 0.5) is 0 Å². The topological polar surface area (TPSA) is 28.7 Å². The third-order valence-corrected chi connectivity index (χ3v) is 3.55. The van der Waals surface area contributed by atoms with Crippen LogP contribution in [-0.2, 0) is 6.54 Å². The van der Waals surface area contributed by atoms with Crippen molar-refractivity contribution in [2.75, 3.05) is 0 Å². The Labute approximate surface area is 113 Å². The Hall–Kier alpha value is -1.46. The number of para-hydroxylation sites is 1. The normalized spacial score (nSPS) is 11.7. The Bertz CT molecular complexity index is 590. The molecule has 0 amide bonds. The quantitative estimate of drug-likeness (QED) is 0.788. The van der Waals surface area contributed by atoms with Crippen LogP contribution in [0, 0.1) is 16.7 Å². The number of halogens is 1. The highest BCUT2D eigenvalue weighted by Gasteiger charge is 2.16. The Morgan fingerprint density at radius 3 is 2.83 bits per heavy atom. The van der Waals surface area contributed by atoms with Gasteiger partial charge in [-0.05, 0) is 38.8 Å². The molecule has 2 rings (SSSR count). The van der Waals surface area contributed by atoms with Gasteiger partial charge < -0.3 is 4.57 Å². The first-order valence-electron chi connectivity index (χ1n) is 6.18. The van der Waals surface area contributed by atoms with E-state index in [2.05, 4.69) is 29.0 Å². The fraction of sp³-hybridized carbons (Fsp3) is 0.400. The molecular weight excluding hydrogens is 244 g/mol. The maximum absolute atomic E-state index is 8.99. The van der Waals surface area contributed by atoms with Gasteiger partial charge in [0.1, 0.15) is 0 Å². The molecule has 0 bridgehead atoms. The molecule has 1 aromatic carbocycles. The zero-order chi connectivity index (χ0) is 13.2. The molecule has 3 heteroatoms. The maximum Gasteiger partial charge on any atom is 0.0683 e. The van der Waals surface area contributed by atoms with Crippen LogP contribution in [0.1, 0.15) is 26.7 Å². The van der Waals surface area contributed by atoms with Crippen molar-refractivity contribution in [3.8, 4) is 6.07 Å². The van der Waals surface area contributed by atoms with Gasteiger partial charge in [-0.15, -0.1) is 0 Å². The van der Waals surface area contributed by atoms with E-state index in [1.54, 1.807) is 0 Å². The predicted molar refractivity (Wildman–Crippen MR) is 75.6 cm³/mol. The second-order valence-corrected chi connectivity index (χ2v) is 5.69. The van der Waals surface area contributed by atoms with Gasteiger partial charge in [0.25, 0.3) is 0 Å². The lowest BCUT2D eigenvalue weighted by Crippen LogP contribution is -2.09. The van der Waals surface area contributed by atoms with Crippen molar-refractivity contribution in [2.24, 2.45) is 5.41 Å². The minimum Gasteiger partial charge on any atom is -0.346 e. The standard InChI is InChI=1S/C15H17ClN2/c1-15(2,11-17)8-4-9-18-10-7-12-5-3-6-13(16)14(12)18/h3,5-7,10H,4,8-9H2,1-2H3. The van der Waals surface area contributed by atoms with Crippen molar-refractivity contribution in [2.45, 2.75) is 33.2 Å². The maximum atomic E-state index is 8.99. The molecule has 0 radical (unpaired) electrons. The molecule has 2 nitrogen and oxygen atoms in total. The second kappa shape index (κ2) is 5.04. The molecular formula is C15H17ClN2. The van der Waals surface area contributed by atoms with E-state index >= 15 is 0 Å². The minimum atomic E-state index is -0.243. The first kappa shape index (κ1) is 13.0. The van der Waals surface area contributed by atoms with Crippen molar-refractivity contribution >= 4 is 22.5 Å². The van der Waals surface area contributed by atoms with Gasteiger partial charge in [0.2, 0.25) is 0 Å². The third kappa shape index (κ3) is 2.68. The van der Waals surface area contributed by atoms with Crippen LogP contribution in [0.15, 0.2) is 30.5 Å². The average molecular weight is 261 g/mol. The smallest absolute Gasteiger partial charge is 0.0683 e. The molecule has 0 aliphatic carbocycles. The van der Waals surface area contributed by atoms with Crippen molar-refractivity contribution in [3.05, 3.63) is 35.5 Å². The van der Waals surface area contributed by atoms with Crippen LogP contribution >= 0.6 is 11.6 Å². The number of hydrogen-bond acceptors (Lipinski definition) is 1. The van der Waals surface area contributed by atoms with E-state index in [1.807, 2.05) is 26.0 Å². The van der Waals surface area contributed by atoms with Gasteiger partial charge in [-0.2, -0.15) is 5.26 Å². The Kier molecular flexibility index (Phi) is 3.63. The Morgan fingerprint density at radius 1 is 1.33 bits per heavy atom. The van der Waals surface area contributed by atoms with E-state index in [9.17, 15) is 0 Å². The van der Waals surface area contributed by atoms with E-state index in [4.69, 9.17) is 16.9 Å². The summed E-state index contributed by atoms with van der Waals surface area (Å²) in [5.74, 6) is 0. The highest BCUT2D eigenvalue weighted by Crippen LogP contribution is 2.26. The van der Waals surface area contributed by atoms with Crippen molar-refractivity contribution in [1.82, 2.24) is 4.57 Å². The van der Waals surface area contributed by atoms with Gasteiger partial charge in [0, 0.05) is 18.1 Å². The predicted octanol–water partition coefficient (Wildman–Crippen LogP) is 4.62. The lowest BCUT2D eigenvalue weighted by molar-refractivity contribution is 0.418. The zero-order valence-corrected chi connectivity index (χ0v) is 11.5. The van der Waals surface area contributed by atoms with Crippen LogP contribution in [0.3, 0.4) is 0 Å². The van der Waals surface area contributed by atoms with E-state index in [0.717, 1.165) is 29.9 Å². The first-order chi connectivity index (χ1) is 8.53. The van der Waals surface area contributed by atoms with Crippen LogP contribution in [0.25, 0.3) is 10.9 Å². The fourth-order valence-corrected chi connectivity index (χ4v) is 2.44. The van der Waals surface area contributed by atoms with Crippen molar-refractivity contribution in [1.29, 1.82) is 5.26 Å². The molecule has 2 aromatic rings.